The fraction of sp³-hybridized carbons (Fsp3) is 0.234. The monoisotopic (exact) mass is 888 g/mol. The maximum Gasteiger partial charge on any atom is 0.319 e. The number of hydrogen-bond donors (Lipinski definition) is 0. The summed E-state index contributed by atoms with van der Waals surface area (Å²) in [5, 5.41) is 0.974. The van der Waals surface area contributed by atoms with E-state index in [1.54, 1.807) is 0 Å². The molecule has 0 N–H and O–H groups in total. The molecule has 0 saturated heterocycles. The zero-order valence-corrected chi connectivity index (χ0v) is 35.1. The van der Waals surface area contributed by atoms with Gasteiger partial charge in [-0.25, -0.2) is 0 Å². The molecule has 0 aliphatic carbocycles. The molecular weight excluding hydrogens is 842 g/mol. The third kappa shape index (κ3) is 6.53. The van der Waals surface area contributed by atoms with Crippen molar-refractivity contribution in [1.29, 1.82) is 0 Å². The molecule has 7 heteroatoms. The van der Waals surface area contributed by atoms with Crippen LogP contribution in [0.2, 0.25) is 0 Å². The number of benzene rings is 5. The summed E-state index contributed by atoms with van der Waals surface area (Å²) in [4.78, 5) is 9.57. The molecular formula is C47H46BN4OPt-3. The predicted octanol–water partition coefficient (Wildman–Crippen LogP) is 10.1. The molecule has 1 aliphatic rings. The number of ether oxygens (including phenoxy) is 1. The summed E-state index contributed by atoms with van der Waals surface area (Å²) < 4.78 is 9.17. The molecule has 0 unspecified atom stereocenters. The number of hydrogen-bond acceptors (Lipinski definition) is 4. The van der Waals surface area contributed by atoms with Gasteiger partial charge in [0, 0.05) is 55.3 Å². The van der Waals surface area contributed by atoms with E-state index >= 15 is 0 Å². The van der Waals surface area contributed by atoms with Crippen LogP contribution in [0.25, 0.3) is 21.9 Å². The van der Waals surface area contributed by atoms with Crippen molar-refractivity contribution in [3.63, 3.8) is 0 Å². The standard InChI is InChI=1S/C47H46BN4O.Pt/c1-29-21-31(3)44(32(4)22-29)48(45-33(5)23-30(2)24-34(45)6)52-39-16-12-11-15-38(39)46-42(52)19-20-43(49-46)53-37-26-35(47(7,8)9)25-36(27-37)51-28-50(10)40-17-13-14-18-41(40)51;/h11-14,16-26,28H,1-10H3;/q-3;. The second-order valence-corrected chi connectivity index (χ2v) is 15.9. The maximum atomic E-state index is 6.68. The van der Waals surface area contributed by atoms with Crippen LogP contribution in [0.3, 0.4) is 0 Å². The Kier molecular flexibility index (Phi) is 9.81. The van der Waals surface area contributed by atoms with Crippen LogP contribution in [0.4, 0.5) is 17.1 Å². The average Bonchev–Trinajstić information content (AvgIpc) is 3.60. The van der Waals surface area contributed by atoms with Gasteiger partial charge < -0.3 is 19.0 Å². The maximum absolute atomic E-state index is 6.68. The van der Waals surface area contributed by atoms with Gasteiger partial charge in [0.2, 0.25) is 5.88 Å². The second-order valence-electron chi connectivity index (χ2n) is 15.9. The number of nitrogens with zero attached hydrogens (tertiary/aromatic N) is 4. The Morgan fingerprint density at radius 2 is 1.33 bits per heavy atom. The minimum atomic E-state index is -0.111. The largest absolute Gasteiger partial charge is 0.504 e. The van der Waals surface area contributed by atoms with E-state index in [1.165, 1.54) is 44.3 Å². The molecule has 5 aromatic carbocycles. The third-order valence-electron chi connectivity index (χ3n) is 10.7. The van der Waals surface area contributed by atoms with Gasteiger partial charge in [0.25, 0.3) is 0 Å². The van der Waals surface area contributed by atoms with Crippen LogP contribution in [-0.2, 0) is 26.5 Å². The summed E-state index contributed by atoms with van der Waals surface area (Å²) in [6.07, 6.45) is 0. The number of rotatable bonds is 6. The molecule has 3 heterocycles. The molecule has 0 radical (unpaired) electrons. The number of aromatic nitrogens is 2. The molecule has 54 heavy (non-hydrogen) atoms. The topological polar surface area (TPSA) is 33.5 Å². The van der Waals surface area contributed by atoms with E-state index in [2.05, 4.69) is 181 Å². The van der Waals surface area contributed by atoms with Crippen LogP contribution in [-0.4, -0.2) is 23.4 Å². The summed E-state index contributed by atoms with van der Waals surface area (Å²) >= 11 is 0. The molecule has 5 nitrogen and oxygen atoms in total. The van der Waals surface area contributed by atoms with E-state index in [0.717, 1.165) is 44.6 Å². The molecule has 0 fully saturated rings. The zero-order valence-electron chi connectivity index (χ0n) is 32.8. The molecule has 2 aromatic heterocycles. The van der Waals surface area contributed by atoms with E-state index in [4.69, 9.17) is 9.72 Å². The Hall–Kier alpha value is -4.80. The zero-order chi connectivity index (χ0) is 37.3. The SMILES string of the molecule is Cc1cc(C)c(B(c2c(C)cc(C)cc2C)n2c3ccc[c-]c3c3nc(Oc4[c-]c(N5[CH-]N(C)c6ccccc65)cc(C(C)(C)C)c4)ccc32)c(C)c1.[Pt]. The first-order valence-electron chi connectivity index (χ1n) is 18.5. The van der Waals surface area contributed by atoms with Crippen molar-refractivity contribution >= 4 is 56.8 Å². The number of aryl methyl sites for hydroxylation is 6. The van der Waals surface area contributed by atoms with Crippen molar-refractivity contribution in [2.45, 2.75) is 67.7 Å². The van der Waals surface area contributed by atoms with Crippen LogP contribution in [0.15, 0.2) is 91.0 Å². The Morgan fingerprint density at radius 3 is 1.94 bits per heavy atom. The minimum absolute atomic E-state index is 0. The van der Waals surface area contributed by atoms with Gasteiger partial charge in [0.05, 0.1) is 0 Å². The molecule has 0 atom stereocenters. The van der Waals surface area contributed by atoms with E-state index in [9.17, 15) is 0 Å². The molecule has 0 spiro atoms. The van der Waals surface area contributed by atoms with Crippen molar-refractivity contribution in [3.05, 3.63) is 149 Å². The van der Waals surface area contributed by atoms with Gasteiger partial charge in [-0.1, -0.05) is 96.1 Å². The summed E-state index contributed by atoms with van der Waals surface area (Å²) in [5.74, 6) is 1.15. The molecule has 1 aliphatic heterocycles. The van der Waals surface area contributed by atoms with Crippen molar-refractivity contribution in [1.82, 2.24) is 9.46 Å². The Morgan fingerprint density at radius 1 is 0.722 bits per heavy atom. The first-order chi connectivity index (χ1) is 25.3. The molecule has 7 aromatic rings. The first kappa shape index (κ1) is 37.5. The summed E-state index contributed by atoms with van der Waals surface area (Å²) in [6, 6.07) is 39.6. The number of anilines is 3. The molecule has 8 rings (SSSR count). The van der Waals surface area contributed by atoms with E-state index < -0.39 is 0 Å². The third-order valence-corrected chi connectivity index (χ3v) is 10.7. The van der Waals surface area contributed by atoms with Gasteiger partial charge >= 0.3 is 6.85 Å². The number of fused-ring (bicyclic) bond motifs is 4. The van der Waals surface area contributed by atoms with E-state index in [0.29, 0.717) is 11.6 Å². The summed E-state index contributed by atoms with van der Waals surface area (Å²) in [7, 11) is 2.07. The number of para-hydroxylation sites is 2. The Balaban J connectivity index is 0.00000450. The molecule has 0 saturated carbocycles. The minimum Gasteiger partial charge on any atom is -0.504 e. The van der Waals surface area contributed by atoms with Gasteiger partial charge in [0.15, 0.2) is 0 Å². The van der Waals surface area contributed by atoms with Gasteiger partial charge in [-0.05, 0) is 83.1 Å². The van der Waals surface area contributed by atoms with Gasteiger partial charge in [0.1, 0.15) is 0 Å². The quantitative estimate of drug-likeness (QED) is 0.123. The first-order valence-corrected chi connectivity index (χ1v) is 18.5. The van der Waals surface area contributed by atoms with Gasteiger partial charge in [-0.2, -0.15) is 6.67 Å². The van der Waals surface area contributed by atoms with Crippen LogP contribution >= 0.6 is 0 Å². The molecule has 0 amide bonds. The molecule has 0 bridgehead atoms. The summed E-state index contributed by atoms with van der Waals surface area (Å²) in [6.45, 7) is 22.1. The van der Waals surface area contributed by atoms with E-state index in [-0.39, 0.29) is 33.3 Å². The summed E-state index contributed by atoms with van der Waals surface area (Å²) in [5.41, 5.74) is 17.5. The fourth-order valence-corrected chi connectivity index (χ4v) is 8.46. The van der Waals surface area contributed by atoms with Crippen LogP contribution < -0.4 is 25.5 Å². The van der Waals surface area contributed by atoms with Crippen LogP contribution in [0, 0.1) is 60.3 Å². The fourth-order valence-electron chi connectivity index (χ4n) is 8.46. The smallest absolute Gasteiger partial charge is 0.319 e. The van der Waals surface area contributed by atoms with Gasteiger partial charge in [-0.3, -0.25) is 4.98 Å². The normalized spacial score (nSPS) is 12.7. The van der Waals surface area contributed by atoms with Crippen molar-refractivity contribution in [2.75, 3.05) is 16.8 Å². The number of pyridine rings is 1. The van der Waals surface area contributed by atoms with Crippen molar-refractivity contribution in [3.8, 4) is 11.6 Å². The second kappa shape index (κ2) is 14.1. The van der Waals surface area contributed by atoms with Crippen LogP contribution in [0.1, 0.15) is 59.7 Å². The molecule has 276 valence electrons. The van der Waals surface area contributed by atoms with Crippen LogP contribution in [0.5, 0.6) is 11.6 Å². The Bertz CT molecular complexity index is 2460. The van der Waals surface area contributed by atoms with Crippen molar-refractivity contribution in [2.24, 2.45) is 0 Å². The average molecular weight is 889 g/mol. The van der Waals surface area contributed by atoms with Gasteiger partial charge in [-0.15, -0.1) is 59.1 Å². The van der Waals surface area contributed by atoms with E-state index in [1.807, 2.05) is 12.1 Å². The van der Waals surface area contributed by atoms with Crippen molar-refractivity contribution < 1.29 is 25.8 Å². The Labute approximate surface area is 335 Å². The predicted molar refractivity (Wildman–Crippen MR) is 223 cm³/mol.